The molecule has 0 aromatic heterocycles. The highest BCUT2D eigenvalue weighted by atomic mass is 127. The minimum absolute atomic E-state index is 0. The number of halogens is 1. The fraction of sp³-hybridized carbons (Fsp3) is 0.400. The average molecular weight is 550 g/mol. The number of ether oxygens (including phenoxy) is 2. The quantitative estimate of drug-likeness (QED) is 0.199. The Bertz CT molecular complexity index is 893. The number of hydrogen-bond donors (Lipinski definition) is 2. The Morgan fingerprint density at radius 3 is 2.41 bits per heavy atom. The molecule has 2 aromatic carbocycles. The number of rotatable bonds is 10. The highest BCUT2D eigenvalue weighted by Crippen LogP contribution is 2.28. The van der Waals surface area contributed by atoms with E-state index in [0.29, 0.717) is 13.2 Å². The van der Waals surface area contributed by atoms with E-state index >= 15 is 0 Å². The van der Waals surface area contributed by atoms with Crippen molar-refractivity contribution in [1.82, 2.24) is 10.6 Å². The van der Waals surface area contributed by atoms with Crippen molar-refractivity contribution in [3.8, 4) is 11.5 Å². The predicted molar refractivity (Wildman–Crippen MR) is 144 cm³/mol. The fourth-order valence-corrected chi connectivity index (χ4v) is 3.53. The second kappa shape index (κ2) is 13.9. The molecule has 0 fully saturated rings. The summed E-state index contributed by atoms with van der Waals surface area (Å²) in [6.45, 7) is 8.68. The molecule has 0 amide bonds. The highest BCUT2D eigenvalue weighted by Gasteiger charge is 2.09. The first-order valence-corrected chi connectivity index (χ1v) is 11.1. The van der Waals surface area contributed by atoms with E-state index in [1.807, 2.05) is 19.9 Å². The Morgan fingerprint density at radius 2 is 1.69 bits per heavy atom. The number of hydrogen-bond acceptors (Lipinski definition) is 4. The summed E-state index contributed by atoms with van der Waals surface area (Å²) in [5.41, 5.74) is 3.69. The Hall–Kier alpha value is -2.42. The summed E-state index contributed by atoms with van der Waals surface area (Å²) >= 11 is 0. The first kappa shape index (κ1) is 25.8. The molecule has 32 heavy (non-hydrogen) atoms. The van der Waals surface area contributed by atoms with Crippen molar-refractivity contribution in [2.75, 3.05) is 44.8 Å². The number of nitrogens with one attached hydrogen (secondary N) is 2. The van der Waals surface area contributed by atoms with E-state index in [1.165, 1.54) is 16.8 Å². The van der Waals surface area contributed by atoms with E-state index in [9.17, 15) is 0 Å². The molecule has 174 valence electrons. The van der Waals surface area contributed by atoms with Crippen molar-refractivity contribution in [2.45, 2.75) is 26.8 Å². The van der Waals surface area contributed by atoms with Crippen LogP contribution in [0.3, 0.4) is 0 Å². The van der Waals surface area contributed by atoms with Crippen molar-refractivity contribution in [3.05, 3.63) is 65.7 Å². The van der Waals surface area contributed by atoms with E-state index in [4.69, 9.17) is 9.47 Å². The van der Waals surface area contributed by atoms with E-state index in [-0.39, 0.29) is 24.0 Å². The van der Waals surface area contributed by atoms with Crippen molar-refractivity contribution in [3.63, 3.8) is 0 Å². The SMILES string of the molecule is CCOc1ccc(CCNC(=NC)NCc2cccc(N3CC=CC3)c2)cc1OCC.I. The van der Waals surface area contributed by atoms with E-state index in [0.717, 1.165) is 50.1 Å². The molecule has 6 nitrogen and oxygen atoms in total. The van der Waals surface area contributed by atoms with Crippen LogP contribution in [0.2, 0.25) is 0 Å². The second-order valence-electron chi connectivity index (χ2n) is 7.30. The molecule has 0 spiro atoms. The van der Waals surface area contributed by atoms with Crippen molar-refractivity contribution < 1.29 is 9.47 Å². The normalized spacial score (nSPS) is 13.0. The van der Waals surface area contributed by atoms with Gasteiger partial charge < -0.3 is 25.0 Å². The molecule has 2 aromatic rings. The molecular weight excluding hydrogens is 515 g/mol. The van der Waals surface area contributed by atoms with Gasteiger partial charge in [-0.25, -0.2) is 0 Å². The minimum Gasteiger partial charge on any atom is -0.490 e. The van der Waals surface area contributed by atoms with Gasteiger partial charge in [0.1, 0.15) is 0 Å². The summed E-state index contributed by atoms with van der Waals surface area (Å²) in [5, 5.41) is 6.80. The zero-order valence-electron chi connectivity index (χ0n) is 19.3. The summed E-state index contributed by atoms with van der Waals surface area (Å²) in [4.78, 5) is 6.70. The lowest BCUT2D eigenvalue weighted by molar-refractivity contribution is 0.287. The van der Waals surface area contributed by atoms with Gasteiger partial charge in [-0.1, -0.05) is 30.4 Å². The van der Waals surface area contributed by atoms with Crippen LogP contribution in [0, 0.1) is 0 Å². The summed E-state index contributed by atoms with van der Waals surface area (Å²) in [6.07, 6.45) is 5.28. The molecule has 0 saturated heterocycles. The van der Waals surface area contributed by atoms with Crippen LogP contribution in [-0.4, -0.2) is 45.9 Å². The summed E-state index contributed by atoms with van der Waals surface area (Å²) in [7, 11) is 1.80. The standard InChI is InChI=1S/C25H34N4O2.HI/c1-4-30-23-12-11-20(18-24(23)31-5-2)13-14-27-25(26-3)28-19-21-9-8-10-22(17-21)29-15-6-7-16-29;/h6-12,17-18H,4-5,13-16,19H2,1-3H3,(H2,26,27,28);1H. The molecule has 1 aliphatic rings. The lowest BCUT2D eigenvalue weighted by Gasteiger charge is -2.19. The number of benzene rings is 2. The molecule has 0 unspecified atom stereocenters. The van der Waals surface area contributed by atoms with E-state index in [1.54, 1.807) is 7.05 Å². The van der Waals surface area contributed by atoms with Gasteiger partial charge >= 0.3 is 0 Å². The van der Waals surface area contributed by atoms with Gasteiger partial charge in [0.25, 0.3) is 0 Å². The van der Waals surface area contributed by atoms with Gasteiger partial charge in [-0.2, -0.15) is 0 Å². The second-order valence-corrected chi connectivity index (χ2v) is 7.30. The Labute approximate surface area is 209 Å². The van der Waals surface area contributed by atoms with Gasteiger partial charge in [0.2, 0.25) is 0 Å². The third kappa shape index (κ3) is 7.62. The molecule has 1 heterocycles. The third-order valence-electron chi connectivity index (χ3n) is 5.09. The maximum absolute atomic E-state index is 5.72. The van der Waals surface area contributed by atoms with E-state index in [2.05, 4.69) is 69.1 Å². The van der Waals surface area contributed by atoms with Crippen LogP contribution in [0.1, 0.15) is 25.0 Å². The van der Waals surface area contributed by atoms with E-state index < -0.39 is 0 Å². The smallest absolute Gasteiger partial charge is 0.191 e. The van der Waals surface area contributed by atoms with Gasteiger partial charge in [0.15, 0.2) is 17.5 Å². The first-order chi connectivity index (χ1) is 15.2. The van der Waals surface area contributed by atoms with Crippen molar-refractivity contribution >= 4 is 35.6 Å². The molecule has 0 bridgehead atoms. The molecule has 7 heteroatoms. The lowest BCUT2D eigenvalue weighted by Crippen LogP contribution is -2.37. The molecule has 0 radical (unpaired) electrons. The average Bonchev–Trinajstić information content (AvgIpc) is 3.33. The molecule has 0 atom stereocenters. The zero-order chi connectivity index (χ0) is 21.9. The van der Waals surface area contributed by atoms with Gasteiger partial charge in [0.05, 0.1) is 13.2 Å². The van der Waals surface area contributed by atoms with Crippen molar-refractivity contribution in [1.29, 1.82) is 0 Å². The van der Waals surface area contributed by atoms with Gasteiger partial charge in [-0.15, -0.1) is 24.0 Å². The Kier molecular flexibility index (Phi) is 11.2. The van der Waals surface area contributed by atoms with Gasteiger partial charge in [-0.3, -0.25) is 4.99 Å². The lowest BCUT2D eigenvalue weighted by atomic mass is 10.1. The Morgan fingerprint density at radius 1 is 0.938 bits per heavy atom. The van der Waals surface area contributed by atoms with Crippen LogP contribution in [0.5, 0.6) is 11.5 Å². The van der Waals surface area contributed by atoms with Crippen LogP contribution in [0.15, 0.2) is 59.6 Å². The summed E-state index contributed by atoms with van der Waals surface area (Å²) in [5.74, 6) is 2.40. The maximum atomic E-state index is 5.72. The van der Waals surface area contributed by atoms with Crippen LogP contribution in [-0.2, 0) is 13.0 Å². The zero-order valence-corrected chi connectivity index (χ0v) is 21.6. The molecule has 1 aliphatic heterocycles. The number of anilines is 1. The maximum Gasteiger partial charge on any atom is 0.191 e. The topological polar surface area (TPSA) is 58.1 Å². The number of nitrogens with zero attached hydrogens (tertiary/aromatic N) is 2. The minimum atomic E-state index is 0. The molecule has 0 saturated carbocycles. The first-order valence-electron chi connectivity index (χ1n) is 11.1. The van der Waals surface area contributed by atoms with Crippen LogP contribution >= 0.6 is 24.0 Å². The van der Waals surface area contributed by atoms with Gasteiger partial charge in [0, 0.05) is 38.9 Å². The monoisotopic (exact) mass is 550 g/mol. The molecule has 3 rings (SSSR count). The number of aliphatic imine (C=N–C) groups is 1. The molecule has 2 N–H and O–H groups in total. The predicted octanol–water partition coefficient (Wildman–Crippen LogP) is 4.39. The van der Waals surface area contributed by atoms with Crippen LogP contribution < -0.4 is 25.0 Å². The highest BCUT2D eigenvalue weighted by molar-refractivity contribution is 14.0. The Balaban J connectivity index is 0.00000363. The largest absolute Gasteiger partial charge is 0.490 e. The molecular formula is C25H35IN4O2. The summed E-state index contributed by atoms with van der Waals surface area (Å²) < 4.78 is 11.4. The fourth-order valence-electron chi connectivity index (χ4n) is 3.53. The number of guanidine groups is 1. The molecule has 0 aliphatic carbocycles. The van der Waals surface area contributed by atoms with Crippen molar-refractivity contribution in [2.24, 2.45) is 4.99 Å². The van der Waals surface area contributed by atoms with Gasteiger partial charge in [-0.05, 0) is 55.7 Å². The summed E-state index contributed by atoms with van der Waals surface area (Å²) in [6, 6.07) is 14.8. The third-order valence-corrected chi connectivity index (χ3v) is 5.09. The van der Waals surface area contributed by atoms with Crippen LogP contribution in [0.4, 0.5) is 5.69 Å². The van der Waals surface area contributed by atoms with Crippen LogP contribution in [0.25, 0.3) is 0 Å².